The molecule has 2 aromatic rings. The third kappa shape index (κ3) is 4.62. The minimum absolute atomic E-state index is 0.436. The predicted molar refractivity (Wildman–Crippen MR) is 111 cm³/mol. The van der Waals surface area contributed by atoms with Gasteiger partial charge in [0.2, 0.25) is 0 Å². The van der Waals surface area contributed by atoms with Gasteiger partial charge in [-0.2, -0.15) is 0 Å². The second-order valence-electron chi connectivity index (χ2n) is 8.88. The first kappa shape index (κ1) is 18.7. The zero-order valence-corrected chi connectivity index (χ0v) is 16.6. The molecule has 2 heteroatoms. The average Bonchev–Trinajstić information content (AvgIpc) is 3.55. The monoisotopic (exact) mass is 363 g/mol. The summed E-state index contributed by atoms with van der Waals surface area (Å²) in [6.07, 6.45) is 7.17. The maximum atomic E-state index is 11.0. The summed E-state index contributed by atoms with van der Waals surface area (Å²) in [6, 6.07) is 22.3. The molecule has 0 heterocycles. The fraction of sp³-hybridized carbons (Fsp3) is 0.520. The summed E-state index contributed by atoms with van der Waals surface area (Å²) in [5.74, 6) is 1.04. The van der Waals surface area contributed by atoms with Crippen molar-refractivity contribution in [1.82, 2.24) is 4.90 Å². The molecule has 0 aliphatic heterocycles. The highest BCUT2D eigenvalue weighted by Gasteiger charge is 2.46. The number of hydrogen-bond acceptors (Lipinski definition) is 2. The lowest BCUT2D eigenvalue weighted by Gasteiger charge is -2.42. The molecule has 2 aliphatic rings. The fourth-order valence-corrected chi connectivity index (χ4v) is 4.98. The molecule has 144 valence electrons. The van der Waals surface area contributed by atoms with Crippen molar-refractivity contribution in [1.29, 1.82) is 0 Å². The Kier molecular flexibility index (Phi) is 5.66. The van der Waals surface area contributed by atoms with Gasteiger partial charge in [-0.1, -0.05) is 60.7 Å². The molecule has 4 rings (SSSR count). The maximum Gasteiger partial charge on any atom is 0.0675 e. The Balaban J connectivity index is 1.44. The third-order valence-electron chi connectivity index (χ3n) is 6.90. The molecule has 0 bridgehead atoms. The molecule has 1 atom stereocenters. The Bertz CT molecular complexity index is 658. The van der Waals surface area contributed by atoms with E-state index in [2.05, 4.69) is 72.5 Å². The smallest absolute Gasteiger partial charge is 0.0675 e. The molecule has 2 aromatic carbocycles. The van der Waals surface area contributed by atoms with Crippen LogP contribution in [-0.4, -0.2) is 21.6 Å². The van der Waals surface area contributed by atoms with Gasteiger partial charge >= 0.3 is 0 Å². The van der Waals surface area contributed by atoms with Crippen LogP contribution in [0.3, 0.4) is 0 Å². The van der Waals surface area contributed by atoms with E-state index in [-0.39, 0.29) is 0 Å². The second kappa shape index (κ2) is 8.16. The van der Waals surface area contributed by atoms with Gasteiger partial charge in [-0.05, 0) is 68.4 Å². The molecular weight excluding hydrogens is 330 g/mol. The molecule has 0 radical (unpaired) electrons. The van der Waals surface area contributed by atoms with Crippen molar-refractivity contribution in [2.75, 3.05) is 0 Å². The fourth-order valence-electron chi connectivity index (χ4n) is 4.98. The van der Waals surface area contributed by atoms with Crippen molar-refractivity contribution in [3.05, 3.63) is 71.8 Å². The zero-order valence-electron chi connectivity index (χ0n) is 16.6. The van der Waals surface area contributed by atoms with Crippen molar-refractivity contribution in [3.8, 4) is 0 Å². The summed E-state index contributed by atoms with van der Waals surface area (Å²) in [5.41, 5.74) is 2.34. The highest BCUT2D eigenvalue weighted by atomic mass is 16.3. The summed E-state index contributed by atoms with van der Waals surface area (Å²) >= 11 is 0. The Hall–Kier alpha value is -1.64. The normalized spacial score (nSPS) is 25.3. The lowest BCUT2D eigenvalue weighted by molar-refractivity contribution is -0.0460. The maximum absolute atomic E-state index is 11.0. The van der Waals surface area contributed by atoms with Gasteiger partial charge in [0, 0.05) is 19.1 Å². The standard InChI is InChI=1S/C25H33NO/c1-25(27,22-12-13-22)23-14-16-24(17-15-23)26(18-20-8-4-2-5-9-20)19-21-10-6-3-7-11-21/h2-11,22-24,27H,12-19H2,1H3/t23-,24-,25?. The van der Waals surface area contributed by atoms with E-state index in [0.717, 1.165) is 25.9 Å². The van der Waals surface area contributed by atoms with E-state index in [1.165, 1.54) is 36.8 Å². The van der Waals surface area contributed by atoms with Gasteiger partial charge in [-0.25, -0.2) is 0 Å². The molecule has 1 N–H and O–H groups in total. The molecule has 0 saturated heterocycles. The zero-order chi connectivity index (χ0) is 18.7. The first-order valence-corrected chi connectivity index (χ1v) is 10.7. The van der Waals surface area contributed by atoms with Gasteiger partial charge in [0.15, 0.2) is 0 Å². The van der Waals surface area contributed by atoms with Gasteiger partial charge in [-0.3, -0.25) is 4.90 Å². The number of aliphatic hydroxyl groups is 1. The number of rotatable bonds is 7. The summed E-state index contributed by atoms with van der Waals surface area (Å²) < 4.78 is 0. The molecule has 2 aliphatic carbocycles. The molecule has 27 heavy (non-hydrogen) atoms. The highest BCUT2D eigenvalue weighted by molar-refractivity contribution is 5.17. The van der Waals surface area contributed by atoms with Crippen LogP contribution in [0.1, 0.15) is 56.6 Å². The van der Waals surface area contributed by atoms with Crippen LogP contribution in [0.15, 0.2) is 60.7 Å². The topological polar surface area (TPSA) is 23.5 Å². The Morgan fingerprint density at radius 3 is 1.56 bits per heavy atom. The van der Waals surface area contributed by atoms with Gasteiger partial charge in [0.25, 0.3) is 0 Å². The minimum atomic E-state index is -0.436. The van der Waals surface area contributed by atoms with Gasteiger partial charge in [0.1, 0.15) is 0 Å². The molecule has 0 spiro atoms. The summed E-state index contributed by atoms with van der Waals surface area (Å²) in [4.78, 5) is 2.66. The Labute approximate surface area is 164 Å². The average molecular weight is 364 g/mol. The van der Waals surface area contributed by atoms with Crippen LogP contribution in [-0.2, 0) is 13.1 Å². The largest absolute Gasteiger partial charge is 0.390 e. The Morgan fingerprint density at radius 2 is 1.15 bits per heavy atom. The number of benzene rings is 2. The number of nitrogens with zero attached hydrogens (tertiary/aromatic N) is 1. The first-order valence-electron chi connectivity index (χ1n) is 10.7. The molecule has 2 fully saturated rings. The van der Waals surface area contributed by atoms with Crippen molar-refractivity contribution < 1.29 is 5.11 Å². The summed E-state index contributed by atoms with van der Waals surface area (Å²) in [6.45, 7) is 4.11. The van der Waals surface area contributed by atoms with E-state index in [4.69, 9.17) is 0 Å². The van der Waals surface area contributed by atoms with E-state index < -0.39 is 5.60 Å². The third-order valence-corrected chi connectivity index (χ3v) is 6.90. The van der Waals surface area contributed by atoms with E-state index >= 15 is 0 Å². The molecule has 2 saturated carbocycles. The van der Waals surface area contributed by atoms with Gasteiger partial charge in [-0.15, -0.1) is 0 Å². The summed E-state index contributed by atoms with van der Waals surface area (Å²) in [5, 5.41) is 11.0. The van der Waals surface area contributed by atoms with Crippen LogP contribution in [0, 0.1) is 11.8 Å². The van der Waals surface area contributed by atoms with E-state index in [9.17, 15) is 5.11 Å². The van der Waals surface area contributed by atoms with Crippen molar-refractivity contribution in [2.45, 2.75) is 70.2 Å². The number of hydrogen-bond donors (Lipinski definition) is 1. The van der Waals surface area contributed by atoms with Crippen LogP contribution in [0.2, 0.25) is 0 Å². The van der Waals surface area contributed by atoms with Crippen molar-refractivity contribution in [3.63, 3.8) is 0 Å². The first-order chi connectivity index (χ1) is 13.1. The van der Waals surface area contributed by atoms with E-state index in [1.807, 2.05) is 0 Å². The summed E-state index contributed by atoms with van der Waals surface area (Å²) in [7, 11) is 0. The lowest BCUT2D eigenvalue weighted by Crippen LogP contribution is -2.43. The Morgan fingerprint density at radius 1 is 0.741 bits per heavy atom. The molecule has 0 aromatic heterocycles. The van der Waals surface area contributed by atoms with Crippen LogP contribution in [0.25, 0.3) is 0 Å². The van der Waals surface area contributed by atoms with E-state index in [1.54, 1.807) is 0 Å². The predicted octanol–water partition coefficient (Wildman–Crippen LogP) is 5.41. The molecule has 0 amide bonds. The van der Waals surface area contributed by atoms with Crippen molar-refractivity contribution >= 4 is 0 Å². The second-order valence-corrected chi connectivity index (χ2v) is 8.88. The quantitative estimate of drug-likeness (QED) is 0.711. The van der Waals surface area contributed by atoms with Crippen LogP contribution >= 0.6 is 0 Å². The molecule has 2 nitrogen and oxygen atoms in total. The van der Waals surface area contributed by atoms with Crippen molar-refractivity contribution in [2.24, 2.45) is 11.8 Å². The molecule has 1 unspecified atom stereocenters. The lowest BCUT2D eigenvalue weighted by atomic mass is 9.73. The highest BCUT2D eigenvalue weighted by Crippen LogP contribution is 2.48. The SMILES string of the molecule is CC(O)(C1CC1)[C@H]1CC[C@H](N(Cc2ccccc2)Cc2ccccc2)CC1. The van der Waals surface area contributed by atoms with Crippen LogP contribution < -0.4 is 0 Å². The van der Waals surface area contributed by atoms with Crippen LogP contribution in [0.5, 0.6) is 0 Å². The minimum Gasteiger partial charge on any atom is -0.390 e. The van der Waals surface area contributed by atoms with Crippen LogP contribution in [0.4, 0.5) is 0 Å². The van der Waals surface area contributed by atoms with E-state index in [0.29, 0.717) is 17.9 Å². The van der Waals surface area contributed by atoms with Gasteiger partial charge < -0.3 is 5.11 Å². The van der Waals surface area contributed by atoms with Gasteiger partial charge in [0.05, 0.1) is 5.60 Å². The molecular formula is C25H33NO.